The van der Waals surface area contributed by atoms with Crippen molar-refractivity contribution in [3.63, 3.8) is 0 Å². The SMILES string of the molecule is CC#CCC(O)Cn1cc(C)cn1. The molecule has 1 aromatic heterocycles. The van der Waals surface area contributed by atoms with Crippen LogP contribution in [0.25, 0.3) is 0 Å². The van der Waals surface area contributed by atoms with Crippen molar-refractivity contribution >= 4 is 0 Å². The number of aromatic nitrogens is 2. The average Bonchev–Trinajstić information content (AvgIpc) is 2.48. The minimum atomic E-state index is -0.424. The zero-order chi connectivity index (χ0) is 9.68. The molecule has 0 bridgehead atoms. The molecule has 0 radical (unpaired) electrons. The first-order valence-electron chi connectivity index (χ1n) is 4.29. The van der Waals surface area contributed by atoms with Gasteiger partial charge in [0.2, 0.25) is 0 Å². The fourth-order valence-corrected chi connectivity index (χ4v) is 1.07. The van der Waals surface area contributed by atoms with Crippen molar-refractivity contribution in [2.24, 2.45) is 0 Å². The molecule has 1 N–H and O–H groups in total. The molecule has 1 atom stereocenters. The highest BCUT2D eigenvalue weighted by atomic mass is 16.3. The van der Waals surface area contributed by atoms with Crippen LogP contribution in [0.5, 0.6) is 0 Å². The molecule has 1 heterocycles. The van der Waals surface area contributed by atoms with Gasteiger partial charge in [0.25, 0.3) is 0 Å². The Labute approximate surface area is 78.4 Å². The van der Waals surface area contributed by atoms with Crippen molar-refractivity contribution in [3.8, 4) is 11.8 Å². The van der Waals surface area contributed by atoms with Crippen molar-refractivity contribution in [1.29, 1.82) is 0 Å². The van der Waals surface area contributed by atoms with Gasteiger partial charge < -0.3 is 5.11 Å². The Bertz CT molecular complexity index is 319. The normalized spacial score (nSPS) is 11.9. The van der Waals surface area contributed by atoms with Crippen molar-refractivity contribution in [1.82, 2.24) is 9.78 Å². The van der Waals surface area contributed by atoms with E-state index in [-0.39, 0.29) is 0 Å². The third-order valence-corrected chi connectivity index (χ3v) is 1.67. The van der Waals surface area contributed by atoms with Gasteiger partial charge in [0.1, 0.15) is 0 Å². The summed E-state index contributed by atoms with van der Waals surface area (Å²) in [4.78, 5) is 0. The number of hydrogen-bond donors (Lipinski definition) is 1. The topological polar surface area (TPSA) is 38.0 Å². The molecule has 1 unspecified atom stereocenters. The quantitative estimate of drug-likeness (QED) is 0.700. The molecule has 0 saturated heterocycles. The maximum atomic E-state index is 9.48. The summed E-state index contributed by atoms with van der Waals surface area (Å²) in [5.41, 5.74) is 1.11. The van der Waals surface area contributed by atoms with Gasteiger partial charge in [-0.2, -0.15) is 5.10 Å². The van der Waals surface area contributed by atoms with Gasteiger partial charge in [0.15, 0.2) is 0 Å². The summed E-state index contributed by atoms with van der Waals surface area (Å²) in [5.74, 6) is 5.58. The molecule has 0 aromatic carbocycles. The largest absolute Gasteiger partial charge is 0.390 e. The standard InChI is InChI=1S/C10H14N2O/c1-3-4-5-10(13)8-12-7-9(2)6-11-12/h6-7,10,13H,5,8H2,1-2H3. The maximum absolute atomic E-state index is 9.48. The molecule has 0 saturated carbocycles. The van der Waals surface area contributed by atoms with E-state index in [1.165, 1.54) is 0 Å². The molecule has 13 heavy (non-hydrogen) atoms. The van der Waals surface area contributed by atoms with E-state index < -0.39 is 6.10 Å². The number of rotatable bonds is 3. The highest BCUT2D eigenvalue weighted by Gasteiger charge is 2.03. The second-order valence-corrected chi connectivity index (χ2v) is 3.02. The van der Waals surface area contributed by atoms with Gasteiger partial charge in [-0.25, -0.2) is 0 Å². The molecule has 0 aliphatic rings. The molecule has 3 nitrogen and oxygen atoms in total. The lowest BCUT2D eigenvalue weighted by Gasteiger charge is -2.06. The van der Waals surface area contributed by atoms with Crippen LogP contribution in [0.3, 0.4) is 0 Å². The van der Waals surface area contributed by atoms with Crippen molar-refractivity contribution < 1.29 is 5.11 Å². The van der Waals surface area contributed by atoms with E-state index >= 15 is 0 Å². The van der Waals surface area contributed by atoms with Crippen LogP contribution in [0.4, 0.5) is 0 Å². The van der Waals surface area contributed by atoms with E-state index in [1.807, 2.05) is 13.1 Å². The van der Waals surface area contributed by atoms with Crippen LogP contribution in [-0.2, 0) is 6.54 Å². The summed E-state index contributed by atoms with van der Waals surface area (Å²) >= 11 is 0. The van der Waals surface area contributed by atoms with Crippen LogP contribution in [-0.4, -0.2) is 21.0 Å². The summed E-state index contributed by atoms with van der Waals surface area (Å²) in [7, 11) is 0. The van der Waals surface area contributed by atoms with E-state index in [0.29, 0.717) is 13.0 Å². The summed E-state index contributed by atoms with van der Waals surface area (Å²) < 4.78 is 1.73. The summed E-state index contributed by atoms with van der Waals surface area (Å²) in [6.07, 6.45) is 3.77. The fraction of sp³-hybridized carbons (Fsp3) is 0.500. The van der Waals surface area contributed by atoms with Crippen LogP contribution in [0.2, 0.25) is 0 Å². The van der Waals surface area contributed by atoms with Gasteiger partial charge in [-0.15, -0.1) is 11.8 Å². The second kappa shape index (κ2) is 4.68. The Morgan fingerprint density at radius 2 is 2.46 bits per heavy atom. The van der Waals surface area contributed by atoms with Crippen LogP contribution < -0.4 is 0 Å². The molecule has 0 aliphatic heterocycles. The van der Waals surface area contributed by atoms with Gasteiger partial charge >= 0.3 is 0 Å². The van der Waals surface area contributed by atoms with E-state index in [1.54, 1.807) is 17.8 Å². The average molecular weight is 178 g/mol. The Hall–Kier alpha value is -1.27. The summed E-state index contributed by atoms with van der Waals surface area (Å²) in [6.45, 7) is 4.26. The van der Waals surface area contributed by atoms with E-state index in [2.05, 4.69) is 16.9 Å². The van der Waals surface area contributed by atoms with Gasteiger partial charge in [-0.1, -0.05) is 0 Å². The van der Waals surface area contributed by atoms with Crippen molar-refractivity contribution in [2.45, 2.75) is 32.9 Å². The first-order valence-corrected chi connectivity index (χ1v) is 4.29. The predicted molar refractivity (Wildman–Crippen MR) is 51.0 cm³/mol. The molecule has 0 spiro atoms. The minimum absolute atomic E-state index is 0.424. The zero-order valence-electron chi connectivity index (χ0n) is 7.99. The monoisotopic (exact) mass is 178 g/mol. The lowest BCUT2D eigenvalue weighted by Crippen LogP contribution is -2.15. The number of aryl methyl sites for hydroxylation is 1. The molecule has 0 aliphatic carbocycles. The van der Waals surface area contributed by atoms with Crippen LogP contribution in [0, 0.1) is 18.8 Å². The highest BCUT2D eigenvalue weighted by Crippen LogP contribution is 1.98. The smallest absolute Gasteiger partial charge is 0.0845 e. The molecule has 3 heteroatoms. The zero-order valence-corrected chi connectivity index (χ0v) is 7.99. The molecule has 70 valence electrons. The van der Waals surface area contributed by atoms with Crippen molar-refractivity contribution in [2.75, 3.05) is 0 Å². The molecule has 0 fully saturated rings. The van der Waals surface area contributed by atoms with E-state index in [9.17, 15) is 5.11 Å². The Kier molecular flexibility index (Phi) is 3.53. The Morgan fingerprint density at radius 3 is 3.00 bits per heavy atom. The number of aliphatic hydroxyl groups excluding tert-OH is 1. The summed E-state index contributed by atoms with van der Waals surface area (Å²) in [5, 5.41) is 13.6. The molecule has 1 aromatic rings. The van der Waals surface area contributed by atoms with Crippen LogP contribution >= 0.6 is 0 Å². The molecular formula is C10H14N2O. The minimum Gasteiger partial charge on any atom is -0.390 e. The molecule has 1 rings (SSSR count). The first-order chi connectivity index (χ1) is 6.22. The highest BCUT2D eigenvalue weighted by molar-refractivity contribution is 5.00. The second-order valence-electron chi connectivity index (χ2n) is 3.02. The Balaban J connectivity index is 2.43. The Morgan fingerprint density at radius 1 is 1.69 bits per heavy atom. The lowest BCUT2D eigenvalue weighted by atomic mass is 10.2. The number of aliphatic hydroxyl groups is 1. The first kappa shape index (κ1) is 9.82. The molecule has 0 amide bonds. The fourth-order valence-electron chi connectivity index (χ4n) is 1.07. The van der Waals surface area contributed by atoms with Gasteiger partial charge in [-0.05, 0) is 19.4 Å². The number of nitrogens with zero attached hydrogens (tertiary/aromatic N) is 2. The lowest BCUT2D eigenvalue weighted by molar-refractivity contribution is 0.154. The third kappa shape index (κ3) is 3.30. The number of hydrogen-bond acceptors (Lipinski definition) is 2. The maximum Gasteiger partial charge on any atom is 0.0845 e. The van der Waals surface area contributed by atoms with Gasteiger partial charge in [0, 0.05) is 12.6 Å². The molecular weight excluding hydrogens is 164 g/mol. The van der Waals surface area contributed by atoms with Crippen LogP contribution in [0.1, 0.15) is 18.9 Å². The predicted octanol–water partition coefficient (Wildman–Crippen LogP) is 0.966. The van der Waals surface area contributed by atoms with Crippen molar-refractivity contribution in [3.05, 3.63) is 18.0 Å². The van der Waals surface area contributed by atoms with E-state index in [0.717, 1.165) is 5.56 Å². The third-order valence-electron chi connectivity index (χ3n) is 1.67. The van der Waals surface area contributed by atoms with E-state index in [4.69, 9.17) is 0 Å². The van der Waals surface area contributed by atoms with Gasteiger partial charge in [0.05, 0.1) is 18.8 Å². The van der Waals surface area contributed by atoms with Crippen LogP contribution in [0.15, 0.2) is 12.4 Å². The summed E-state index contributed by atoms with van der Waals surface area (Å²) in [6, 6.07) is 0. The van der Waals surface area contributed by atoms with Gasteiger partial charge in [-0.3, -0.25) is 4.68 Å².